The molecule has 0 saturated heterocycles. The number of esters is 1. The van der Waals surface area contributed by atoms with Crippen LogP contribution in [0.3, 0.4) is 0 Å². The summed E-state index contributed by atoms with van der Waals surface area (Å²) in [6.07, 6.45) is 0. The third-order valence-electron chi connectivity index (χ3n) is 4.00. The number of para-hydroxylation sites is 1. The Hall–Kier alpha value is -3.28. The lowest BCUT2D eigenvalue weighted by atomic mass is 10.1. The van der Waals surface area contributed by atoms with Crippen LogP contribution in [0.4, 0.5) is 4.39 Å². The predicted molar refractivity (Wildman–Crippen MR) is 94.1 cm³/mol. The monoisotopic (exact) mass is 352 g/mol. The third-order valence-corrected chi connectivity index (χ3v) is 4.00. The van der Waals surface area contributed by atoms with Crippen LogP contribution in [0.25, 0.3) is 5.69 Å². The molecule has 5 nitrogen and oxygen atoms in total. The van der Waals surface area contributed by atoms with Crippen LogP contribution in [0.5, 0.6) is 0 Å². The van der Waals surface area contributed by atoms with E-state index in [4.69, 9.17) is 4.74 Å². The summed E-state index contributed by atoms with van der Waals surface area (Å²) in [5.74, 6) is -1.90. The van der Waals surface area contributed by atoms with Crippen LogP contribution in [0.2, 0.25) is 0 Å². The standard InChI is InChI=1S/C20H17FN2O3/c1-13-19(14(2)23(22-13)15-8-4-3-5-9-15)20(25)26-12-18(24)16-10-6-7-11-17(16)21/h3-11H,12H2,1-2H3. The molecule has 0 bridgehead atoms. The van der Waals surface area contributed by atoms with Crippen molar-refractivity contribution in [3.05, 3.63) is 82.9 Å². The molecule has 0 atom stereocenters. The summed E-state index contributed by atoms with van der Waals surface area (Å²) >= 11 is 0. The Balaban J connectivity index is 1.78. The maximum Gasteiger partial charge on any atom is 0.342 e. The number of carbonyl (C=O) groups is 2. The predicted octanol–water partition coefficient (Wildman–Crippen LogP) is 3.67. The third kappa shape index (κ3) is 3.39. The average Bonchev–Trinajstić information content (AvgIpc) is 2.95. The molecule has 0 unspecified atom stereocenters. The zero-order chi connectivity index (χ0) is 18.7. The smallest absolute Gasteiger partial charge is 0.342 e. The summed E-state index contributed by atoms with van der Waals surface area (Å²) in [5.41, 5.74) is 2.12. The van der Waals surface area contributed by atoms with E-state index in [0.717, 1.165) is 5.69 Å². The summed E-state index contributed by atoms with van der Waals surface area (Å²) in [4.78, 5) is 24.5. The topological polar surface area (TPSA) is 61.2 Å². The van der Waals surface area contributed by atoms with Gasteiger partial charge in [0.1, 0.15) is 11.4 Å². The molecule has 26 heavy (non-hydrogen) atoms. The van der Waals surface area contributed by atoms with Crippen LogP contribution in [0, 0.1) is 19.7 Å². The largest absolute Gasteiger partial charge is 0.454 e. The zero-order valence-corrected chi connectivity index (χ0v) is 14.4. The van der Waals surface area contributed by atoms with E-state index in [0.29, 0.717) is 17.0 Å². The van der Waals surface area contributed by atoms with Crippen molar-refractivity contribution in [3.8, 4) is 5.69 Å². The van der Waals surface area contributed by atoms with Crippen molar-refractivity contribution >= 4 is 11.8 Å². The molecule has 0 saturated carbocycles. The van der Waals surface area contributed by atoms with Gasteiger partial charge in [0.15, 0.2) is 6.61 Å². The Morgan fingerprint density at radius 1 is 1.04 bits per heavy atom. The molecule has 2 aromatic carbocycles. The van der Waals surface area contributed by atoms with Crippen molar-refractivity contribution < 1.29 is 18.7 Å². The number of Topliss-reactive ketones (excluding diaryl/α,β-unsaturated/α-hetero) is 1. The Bertz CT molecular complexity index is 964. The fraction of sp³-hybridized carbons (Fsp3) is 0.150. The summed E-state index contributed by atoms with van der Waals surface area (Å²) in [5, 5.41) is 4.37. The number of aryl methyl sites for hydroxylation is 1. The van der Waals surface area contributed by atoms with E-state index in [-0.39, 0.29) is 5.56 Å². The highest BCUT2D eigenvalue weighted by Gasteiger charge is 2.22. The van der Waals surface area contributed by atoms with Gasteiger partial charge in [-0.2, -0.15) is 5.10 Å². The molecule has 0 aliphatic rings. The molecular weight excluding hydrogens is 335 g/mol. The number of aromatic nitrogens is 2. The summed E-state index contributed by atoms with van der Waals surface area (Å²) in [6, 6.07) is 15.0. The quantitative estimate of drug-likeness (QED) is 0.519. The van der Waals surface area contributed by atoms with Crippen molar-refractivity contribution in [1.29, 1.82) is 0 Å². The highest BCUT2D eigenvalue weighted by atomic mass is 19.1. The van der Waals surface area contributed by atoms with E-state index < -0.39 is 24.2 Å². The maximum atomic E-state index is 13.6. The number of benzene rings is 2. The van der Waals surface area contributed by atoms with Crippen molar-refractivity contribution in [2.24, 2.45) is 0 Å². The molecule has 0 radical (unpaired) electrons. The number of rotatable bonds is 5. The van der Waals surface area contributed by atoms with Crippen LogP contribution in [-0.4, -0.2) is 28.1 Å². The Kier molecular flexibility index (Phi) is 4.93. The van der Waals surface area contributed by atoms with E-state index in [1.54, 1.807) is 24.6 Å². The number of nitrogens with zero attached hydrogens (tertiary/aromatic N) is 2. The molecule has 3 aromatic rings. The van der Waals surface area contributed by atoms with Gasteiger partial charge in [0.05, 0.1) is 22.6 Å². The van der Waals surface area contributed by atoms with Gasteiger partial charge in [0, 0.05) is 0 Å². The summed E-state index contributed by atoms with van der Waals surface area (Å²) in [6.45, 7) is 2.92. The SMILES string of the molecule is Cc1nn(-c2ccccc2)c(C)c1C(=O)OCC(=O)c1ccccc1F. The molecule has 0 aliphatic heterocycles. The van der Waals surface area contributed by atoms with E-state index in [1.165, 1.54) is 18.2 Å². The second-order valence-electron chi connectivity index (χ2n) is 5.77. The molecular formula is C20H17FN2O3. The number of ketones is 1. The molecule has 1 heterocycles. The fourth-order valence-electron chi connectivity index (χ4n) is 2.73. The number of hydrogen-bond donors (Lipinski definition) is 0. The lowest BCUT2D eigenvalue weighted by Crippen LogP contribution is -2.16. The number of hydrogen-bond acceptors (Lipinski definition) is 4. The first-order valence-corrected chi connectivity index (χ1v) is 8.05. The van der Waals surface area contributed by atoms with Crippen molar-refractivity contribution in [2.75, 3.05) is 6.61 Å². The van der Waals surface area contributed by atoms with Gasteiger partial charge in [0.2, 0.25) is 5.78 Å². The minimum absolute atomic E-state index is 0.103. The number of carbonyl (C=O) groups excluding carboxylic acids is 2. The van der Waals surface area contributed by atoms with Crippen LogP contribution < -0.4 is 0 Å². The van der Waals surface area contributed by atoms with Gasteiger partial charge in [-0.1, -0.05) is 30.3 Å². The Labute approximate surface area is 150 Å². The van der Waals surface area contributed by atoms with Crippen molar-refractivity contribution in [3.63, 3.8) is 0 Å². The van der Waals surface area contributed by atoms with E-state index in [2.05, 4.69) is 5.10 Å². The normalized spacial score (nSPS) is 10.6. The lowest BCUT2D eigenvalue weighted by Gasteiger charge is -2.06. The minimum atomic E-state index is -0.660. The van der Waals surface area contributed by atoms with Crippen molar-refractivity contribution in [2.45, 2.75) is 13.8 Å². The Morgan fingerprint density at radius 3 is 2.38 bits per heavy atom. The average molecular weight is 352 g/mol. The second-order valence-corrected chi connectivity index (χ2v) is 5.77. The number of ether oxygens (including phenoxy) is 1. The summed E-state index contributed by atoms with van der Waals surface area (Å²) < 4.78 is 20.4. The van der Waals surface area contributed by atoms with Gasteiger partial charge in [-0.15, -0.1) is 0 Å². The number of halogens is 1. The molecule has 1 aromatic heterocycles. The van der Waals surface area contributed by atoms with Gasteiger partial charge >= 0.3 is 5.97 Å². The molecule has 0 amide bonds. The van der Waals surface area contributed by atoms with Crippen LogP contribution in [0.1, 0.15) is 32.1 Å². The van der Waals surface area contributed by atoms with Crippen molar-refractivity contribution in [1.82, 2.24) is 9.78 Å². The molecule has 3 rings (SSSR count). The van der Waals surface area contributed by atoms with Crippen LogP contribution in [0.15, 0.2) is 54.6 Å². The highest BCUT2D eigenvalue weighted by Crippen LogP contribution is 2.19. The lowest BCUT2D eigenvalue weighted by molar-refractivity contribution is 0.0472. The van der Waals surface area contributed by atoms with Crippen LogP contribution in [-0.2, 0) is 4.74 Å². The molecule has 132 valence electrons. The summed E-state index contributed by atoms with van der Waals surface area (Å²) in [7, 11) is 0. The van der Waals surface area contributed by atoms with E-state index >= 15 is 0 Å². The maximum absolute atomic E-state index is 13.6. The first kappa shape index (κ1) is 17.5. The highest BCUT2D eigenvalue weighted by molar-refractivity contribution is 6.00. The molecule has 0 spiro atoms. The van der Waals surface area contributed by atoms with Crippen LogP contribution >= 0.6 is 0 Å². The first-order chi connectivity index (χ1) is 12.5. The molecule has 0 N–H and O–H groups in total. The Morgan fingerprint density at radius 2 is 1.69 bits per heavy atom. The molecule has 0 fully saturated rings. The van der Waals surface area contributed by atoms with E-state index in [1.807, 2.05) is 30.3 Å². The van der Waals surface area contributed by atoms with Gasteiger partial charge < -0.3 is 4.74 Å². The first-order valence-electron chi connectivity index (χ1n) is 8.05. The van der Waals surface area contributed by atoms with Gasteiger partial charge in [0.25, 0.3) is 0 Å². The van der Waals surface area contributed by atoms with Gasteiger partial charge in [-0.3, -0.25) is 4.79 Å². The minimum Gasteiger partial charge on any atom is -0.454 e. The van der Waals surface area contributed by atoms with E-state index in [9.17, 15) is 14.0 Å². The molecule has 0 aliphatic carbocycles. The second kappa shape index (κ2) is 7.31. The van der Waals surface area contributed by atoms with Gasteiger partial charge in [-0.25, -0.2) is 13.9 Å². The molecule has 6 heteroatoms. The fourth-order valence-corrected chi connectivity index (χ4v) is 2.73. The van der Waals surface area contributed by atoms with Gasteiger partial charge in [-0.05, 0) is 38.1 Å². The zero-order valence-electron chi connectivity index (χ0n) is 14.4.